The van der Waals surface area contributed by atoms with Gasteiger partial charge >= 0.3 is 6.09 Å². The third kappa shape index (κ3) is 6.19. The van der Waals surface area contributed by atoms with Gasteiger partial charge in [0.05, 0.1) is 0 Å². The fraction of sp³-hybridized carbons (Fsp3) is 0.429. The number of amides is 2. The standard InChI is InChI=1S/C14H21N3O3/c1-14(2,3)17-16-12(18)11(15-13(19)20)9-10-7-5-4-6-8-10/h4-8,11,15,17H,9H2,1-3H3,(H,16,18)(H,19,20)/t11-/m0/s1. The molecule has 0 heterocycles. The van der Waals surface area contributed by atoms with Crippen molar-refractivity contribution in [2.75, 3.05) is 0 Å². The fourth-order valence-corrected chi connectivity index (χ4v) is 1.54. The highest BCUT2D eigenvalue weighted by molar-refractivity contribution is 5.85. The lowest BCUT2D eigenvalue weighted by Gasteiger charge is -2.23. The Kier molecular flexibility index (Phi) is 5.52. The molecule has 0 spiro atoms. The largest absolute Gasteiger partial charge is 0.465 e. The lowest BCUT2D eigenvalue weighted by Crippen LogP contribution is -2.56. The number of benzene rings is 1. The number of hydrogen-bond donors (Lipinski definition) is 4. The van der Waals surface area contributed by atoms with Crippen molar-refractivity contribution in [3.8, 4) is 0 Å². The fourth-order valence-electron chi connectivity index (χ4n) is 1.54. The molecule has 0 aromatic heterocycles. The third-order valence-corrected chi connectivity index (χ3v) is 2.46. The number of nitrogens with one attached hydrogen (secondary N) is 3. The highest BCUT2D eigenvalue weighted by Crippen LogP contribution is 2.04. The highest BCUT2D eigenvalue weighted by Gasteiger charge is 2.22. The van der Waals surface area contributed by atoms with Crippen LogP contribution in [-0.4, -0.2) is 28.7 Å². The molecule has 0 bridgehead atoms. The molecule has 0 radical (unpaired) electrons. The second-order valence-corrected chi connectivity index (χ2v) is 5.56. The Labute approximate surface area is 118 Å². The van der Waals surface area contributed by atoms with Gasteiger partial charge in [-0.3, -0.25) is 10.2 Å². The molecule has 1 aromatic carbocycles. The summed E-state index contributed by atoms with van der Waals surface area (Å²) in [5.41, 5.74) is 5.95. The molecule has 1 rings (SSSR count). The van der Waals surface area contributed by atoms with Gasteiger partial charge in [-0.25, -0.2) is 10.2 Å². The van der Waals surface area contributed by atoms with Gasteiger partial charge in [-0.2, -0.15) is 0 Å². The minimum absolute atomic E-state index is 0.295. The van der Waals surface area contributed by atoms with E-state index in [0.29, 0.717) is 6.42 Å². The van der Waals surface area contributed by atoms with Crippen LogP contribution in [0.25, 0.3) is 0 Å². The first-order valence-electron chi connectivity index (χ1n) is 6.38. The van der Waals surface area contributed by atoms with Gasteiger partial charge in [-0.05, 0) is 26.3 Å². The summed E-state index contributed by atoms with van der Waals surface area (Å²) in [6.07, 6.45) is -0.929. The zero-order chi connectivity index (χ0) is 15.2. The van der Waals surface area contributed by atoms with Crippen LogP contribution in [0.15, 0.2) is 30.3 Å². The normalized spacial score (nSPS) is 12.6. The number of hydrazine groups is 1. The molecule has 0 unspecified atom stereocenters. The van der Waals surface area contributed by atoms with Crippen molar-refractivity contribution in [2.45, 2.75) is 38.8 Å². The second kappa shape index (κ2) is 6.91. The predicted octanol–water partition coefficient (Wildman–Crippen LogP) is 1.28. The first-order chi connectivity index (χ1) is 9.28. The summed E-state index contributed by atoms with van der Waals surface area (Å²) in [5.74, 6) is -0.411. The summed E-state index contributed by atoms with van der Waals surface area (Å²) in [6.45, 7) is 5.68. The van der Waals surface area contributed by atoms with E-state index < -0.39 is 18.0 Å². The quantitative estimate of drug-likeness (QED) is 0.611. The molecule has 2 amide bonds. The van der Waals surface area contributed by atoms with Gasteiger partial charge in [-0.15, -0.1) is 0 Å². The van der Waals surface area contributed by atoms with E-state index in [1.165, 1.54) is 0 Å². The Morgan fingerprint density at radius 1 is 1.20 bits per heavy atom. The molecule has 4 N–H and O–H groups in total. The molecule has 20 heavy (non-hydrogen) atoms. The van der Waals surface area contributed by atoms with Gasteiger partial charge in [0.1, 0.15) is 6.04 Å². The van der Waals surface area contributed by atoms with E-state index in [2.05, 4.69) is 16.2 Å². The van der Waals surface area contributed by atoms with Crippen molar-refractivity contribution in [3.63, 3.8) is 0 Å². The lowest BCUT2D eigenvalue weighted by atomic mass is 10.1. The smallest absolute Gasteiger partial charge is 0.405 e. The van der Waals surface area contributed by atoms with Crippen LogP contribution in [0, 0.1) is 0 Å². The van der Waals surface area contributed by atoms with Gasteiger partial charge in [-0.1, -0.05) is 30.3 Å². The average Bonchev–Trinajstić information content (AvgIpc) is 2.35. The van der Waals surface area contributed by atoms with Crippen LogP contribution in [0.1, 0.15) is 26.3 Å². The predicted molar refractivity (Wildman–Crippen MR) is 76.1 cm³/mol. The van der Waals surface area contributed by atoms with Crippen LogP contribution in [-0.2, 0) is 11.2 Å². The Hall–Kier alpha value is -2.08. The summed E-state index contributed by atoms with van der Waals surface area (Å²) >= 11 is 0. The summed E-state index contributed by atoms with van der Waals surface area (Å²) in [6, 6.07) is 8.41. The molecular formula is C14H21N3O3. The van der Waals surface area contributed by atoms with Crippen molar-refractivity contribution in [3.05, 3.63) is 35.9 Å². The number of carbonyl (C=O) groups excluding carboxylic acids is 1. The summed E-state index contributed by atoms with van der Waals surface area (Å²) in [4.78, 5) is 22.8. The third-order valence-electron chi connectivity index (χ3n) is 2.46. The zero-order valence-corrected chi connectivity index (χ0v) is 11.9. The van der Waals surface area contributed by atoms with Crippen LogP contribution < -0.4 is 16.2 Å². The van der Waals surface area contributed by atoms with Crippen LogP contribution in [0.3, 0.4) is 0 Å². The molecule has 6 heteroatoms. The number of carbonyl (C=O) groups is 2. The number of carboxylic acid groups (broad SMARTS) is 1. The molecule has 1 atom stereocenters. The molecule has 0 saturated carbocycles. The van der Waals surface area contributed by atoms with Crippen molar-refractivity contribution in [1.82, 2.24) is 16.2 Å². The van der Waals surface area contributed by atoms with Gasteiger partial charge in [0.15, 0.2) is 0 Å². The molecule has 0 saturated heterocycles. The molecule has 0 aliphatic rings. The van der Waals surface area contributed by atoms with Gasteiger partial charge in [0.25, 0.3) is 5.91 Å². The first-order valence-corrected chi connectivity index (χ1v) is 6.38. The number of rotatable bonds is 5. The molecule has 0 aliphatic carbocycles. The summed E-state index contributed by atoms with van der Waals surface area (Å²) in [5, 5.41) is 11.1. The SMILES string of the molecule is CC(C)(C)NNC(=O)[C@H](Cc1ccccc1)NC(=O)O. The van der Waals surface area contributed by atoms with Crippen molar-refractivity contribution >= 4 is 12.0 Å². The summed E-state index contributed by atoms with van der Waals surface area (Å²) < 4.78 is 0. The van der Waals surface area contributed by atoms with Crippen molar-refractivity contribution in [2.24, 2.45) is 0 Å². The lowest BCUT2D eigenvalue weighted by molar-refractivity contribution is -0.124. The summed E-state index contributed by atoms with van der Waals surface area (Å²) in [7, 11) is 0. The van der Waals surface area contributed by atoms with E-state index >= 15 is 0 Å². The maximum absolute atomic E-state index is 12.0. The van der Waals surface area contributed by atoms with Crippen LogP contribution in [0.4, 0.5) is 4.79 Å². The van der Waals surface area contributed by atoms with Crippen LogP contribution in [0.2, 0.25) is 0 Å². The highest BCUT2D eigenvalue weighted by atomic mass is 16.4. The Morgan fingerprint density at radius 3 is 2.30 bits per heavy atom. The van der Waals surface area contributed by atoms with E-state index in [1.54, 1.807) is 0 Å². The second-order valence-electron chi connectivity index (χ2n) is 5.56. The van der Waals surface area contributed by atoms with E-state index in [4.69, 9.17) is 5.11 Å². The molecule has 0 fully saturated rings. The maximum Gasteiger partial charge on any atom is 0.405 e. The zero-order valence-electron chi connectivity index (χ0n) is 11.9. The molecular weight excluding hydrogens is 258 g/mol. The van der Waals surface area contributed by atoms with E-state index in [9.17, 15) is 9.59 Å². The Morgan fingerprint density at radius 2 is 1.80 bits per heavy atom. The van der Waals surface area contributed by atoms with Gasteiger partial charge in [0.2, 0.25) is 0 Å². The first kappa shape index (κ1) is 16.0. The van der Waals surface area contributed by atoms with Crippen LogP contribution >= 0.6 is 0 Å². The minimum atomic E-state index is -1.23. The van der Waals surface area contributed by atoms with Crippen LogP contribution in [0.5, 0.6) is 0 Å². The average molecular weight is 279 g/mol. The van der Waals surface area contributed by atoms with E-state index in [-0.39, 0.29) is 5.54 Å². The number of hydrogen-bond acceptors (Lipinski definition) is 3. The maximum atomic E-state index is 12.0. The molecule has 1 aromatic rings. The molecule has 0 aliphatic heterocycles. The van der Waals surface area contributed by atoms with E-state index in [1.807, 2.05) is 51.1 Å². The molecule has 110 valence electrons. The molecule has 6 nitrogen and oxygen atoms in total. The Bertz CT molecular complexity index is 454. The van der Waals surface area contributed by atoms with Crippen molar-refractivity contribution in [1.29, 1.82) is 0 Å². The topological polar surface area (TPSA) is 90.5 Å². The van der Waals surface area contributed by atoms with Crippen molar-refractivity contribution < 1.29 is 14.7 Å². The Balaban J connectivity index is 2.68. The van der Waals surface area contributed by atoms with Gasteiger partial charge < -0.3 is 10.4 Å². The monoisotopic (exact) mass is 279 g/mol. The minimum Gasteiger partial charge on any atom is -0.465 e. The van der Waals surface area contributed by atoms with E-state index in [0.717, 1.165) is 5.56 Å². The van der Waals surface area contributed by atoms with Gasteiger partial charge in [0, 0.05) is 12.0 Å².